The van der Waals surface area contributed by atoms with Crippen LogP contribution in [0.25, 0.3) is 11.3 Å². The average molecular weight is 247 g/mol. The molecule has 1 aromatic carbocycles. The van der Waals surface area contributed by atoms with Crippen LogP contribution in [0.5, 0.6) is 0 Å². The summed E-state index contributed by atoms with van der Waals surface area (Å²) >= 11 is 0. The van der Waals surface area contributed by atoms with E-state index in [2.05, 4.69) is 12.2 Å². The summed E-state index contributed by atoms with van der Waals surface area (Å²) in [6, 6.07) is 8.96. The van der Waals surface area contributed by atoms with Crippen LogP contribution in [0.4, 0.5) is 4.39 Å². The highest BCUT2D eigenvalue weighted by atomic mass is 19.1. The molecule has 1 N–H and O–H groups in total. The van der Waals surface area contributed by atoms with E-state index in [0.29, 0.717) is 17.9 Å². The van der Waals surface area contributed by atoms with Gasteiger partial charge in [-0.15, -0.1) is 0 Å². The zero-order valence-corrected chi connectivity index (χ0v) is 10.8. The molecular formula is C15H18FNO. The van der Waals surface area contributed by atoms with Gasteiger partial charge in [-0.25, -0.2) is 4.39 Å². The topological polar surface area (TPSA) is 25.2 Å². The minimum Gasteiger partial charge on any atom is -0.460 e. The molecule has 96 valence electrons. The summed E-state index contributed by atoms with van der Waals surface area (Å²) in [6.07, 6.45) is 1.09. The molecular weight excluding hydrogens is 229 g/mol. The summed E-state index contributed by atoms with van der Waals surface area (Å²) in [5.74, 6) is 1.39. The first-order chi connectivity index (χ1) is 8.70. The van der Waals surface area contributed by atoms with Crippen LogP contribution in [0.15, 0.2) is 34.7 Å². The Morgan fingerprint density at radius 3 is 2.78 bits per heavy atom. The van der Waals surface area contributed by atoms with Crippen LogP contribution in [0.3, 0.4) is 0 Å². The van der Waals surface area contributed by atoms with Crippen molar-refractivity contribution in [3.8, 4) is 11.3 Å². The van der Waals surface area contributed by atoms with E-state index in [-0.39, 0.29) is 5.82 Å². The SMILES string of the molecule is CCCNCc1ccc(-c2ccc(C)c(F)c2)o1. The smallest absolute Gasteiger partial charge is 0.134 e. The van der Waals surface area contributed by atoms with Crippen molar-refractivity contribution >= 4 is 0 Å². The summed E-state index contributed by atoms with van der Waals surface area (Å²) in [6.45, 7) is 5.55. The van der Waals surface area contributed by atoms with Crippen LogP contribution >= 0.6 is 0 Å². The van der Waals surface area contributed by atoms with Crippen molar-refractivity contribution in [2.75, 3.05) is 6.54 Å². The Labute approximate surface area is 107 Å². The van der Waals surface area contributed by atoms with Crippen LogP contribution in [-0.4, -0.2) is 6.54 Å². The second-order valence-electron chi connectivity index (χ2n) is 4.41. The van der Waals surface area contributed by atoms with Crippen LogP contribution < -0.4 is 5.32 Å². The van der Waals surface area contributed by atoms with Gasteiger partial charge in [-0.3, -0.25) is 0 Å². The third-order valence-electron chi connectivity index (χ3n) is 2.84. The van der Waals surface area contributed by atoms with Gasteiger partial charge in [0.2, 0.25) is 0 Å². The Balaban J connectivity index is 2.11. The number of benzene rings is 1. The van der Waals surface area contributed by atoms with E-state index in [0.717, 1.165) is 24.3 Å². The lowest BCUT2D eigenvalue weighted by atomic mass is 10.1. The fourth-order valence-corrected chi connectivity index (χ4v) is 1.76. The maximum atomic E-state index is 13.5. The first-order valence-electron chi connectivity index (χ1n) is 6.26. The quantitative estimate of drug-likeness (QED) is 0.811. The standard InChI is InChI=1S/C15H18FNO/c1-3-8-17-10-13-6-7-15(18-13)12-5-4-11(2)14(16)9-12/h4-7,9,17H,3,8,10H2,1-2H3. The Kier molecular flexibility index (Phi) is 4.15. The number of halogens is 1. The van der Waals surface area contributed by atoms with E-state index in [9.17, 15) is 4.39 Å². The van der Waals surface area contributed by atoms with E-state index < -0.39 is 0 Å². The molecule has 2 rings (SSSR count). The molecule has 0 amide bonds. The lowest BCUT2D eigenvalue weighted by molar-refractivity contribution is 0.493. The second-order valence-corrected chi connectivity index (χ2v) is 4.41. The fourth-order valence-electron chi connectivity index (χ4n) is 1.76. The van der Waals surface area contributed by atoms with E-state index in [1.54, 1.807) is 13.0 Å². The predicted octanol–water partition coefficient (Wildman–Crippen LogP) is 3.89. The molecule has 0 atom stereocenters. The summed E-state index contributed by atoms with van der Waals surface area (Å²) in [7, 11) is 0. The van der Waals surface area contributed by atoms with Gasteiger partial charge in [-0.05, 0) is 43.7 Å². The first kappa shape index (κ1) is 12.8. The molecule has 3 heteroatoms. The molecule has 0 aliphatic heterocycles. The van der Waals surface area contributed by atoms with Crippen LogP contribution in [0, 0.1) is 12.7 Å². The average Bonchev–Trinajstić information content (AvgIpc) is 2.82. The Morgan fingerprint density at radius 1 is 1.22 bits per heavy atom. The maximum absolute atomic E-state index is 13.5. The molecule has 0 aliphatic carbocycles. The van der Waals surface area contributed by atoms with Gasteiger partial charge >= 0.3 is 0 Å². The molecule has 2 aromatic rings. The summed E-state index contributed by atoms with van der Waals surface area (Å²) in [4.78, 5) is 0. The molecule has 0 unspecified atom stereocenters. The molecule has 0 aliphatic rings. The molecule has 2 nitrogen and oxygen atoms in total. The highest BCUT2D eigenvalue weighted by Crippen LogP contribution is 2.24. The zero-order valence-electron chi connectivity index (χ0n) is 10.8. The third-order valence-corrected chi connectivity index (χ3v) is 2.84. The van der Waals surface area contributed by atoms with Gasteiger partial charge in [0, 0.05) is 5.56 Å². The van der Waals surface area contributed by atoms with E-state index in [1.165, 1.54) is 6.07 Å². The van der Waals surface area contributed by atoms with Crippen molar-refractivity contribution in [3.05, 3.63) is 47.5 Å². The molecule has 18 heavy (non-hydrogen) atoms. The van der Waals surface area contributed by atoms with Crippen LogP contribution in [0.2, 0.25) is 0 Å². The summed E-state index contributed by atoms with van der Waals surface area (Å²) in [5, 5.41) is 3.27. The first-order valence-corrected chi connectivity index (χ1v) is 6.26. The Morgan fingerprint density at radius 2 is 2.06 bits per heavy atom. The monoisotopic (exact) mass is 247 g/mol. The van der Waals surface area contributed by atoms with Crippen molar-refractivity contribution in [1.29, 1.82) is 0 Å². The summed E-state index contributed by atoms with van der Waals surface area (Å²) < 4.78 is 19.1. The number of aryl methyl sites for hydroxylation is 1. The van der Waals surface area contributed by atoms with Gasteiger partial charge < -0.3 is 9.73 Å². The van der Waals surface area contributed by atoms with Crippen molar-refractivity contribution in [1.82, 2.24) is 5.32 Å². The number of furan rings is 1. The van der Waals surface area contributed by atoms with E-state index >= 15 is 0 Å². The number of nitrogens with one attached hydrogen (secondary N) is 1. The van der Waals surface area contributed by atoms with Crippen molar-refractivity contribution in [2.24, 2.45) is 0 Å². The van der Waals surface area contributed by atoms with Crippen LogP contribution in [0.1, 0.15) is 24.7 Å². The summed E-state index contributed by atoms with van der Waals surface area (Å²) in [5.41, 5.74) is 1.43. The minimum absolute atomic E-state index is 0.199. The van der Waals surface area contributed by atoms with Gasteiger partial charge in [0.15, 0.2) is 0 Å². The van der Waals surface area contributed by atoms with Gasteiger partial charge in [0.25, 0.3) is 0 Å². The van der Waals surface area contributed by atoms with Gasteiger partial charge in [-0.2, -0.15) is 0 Å². The molecule has 0 saturated carbocycles. The van der Waals surface area contributed by atoms with E-state index in [4.69, 9.17) is 4.42 Å². The Hall–Kier alpha value is -1.61. The van der Waals surface area contributed by atoms with E-state index in [1.807, 2.05) is 18.2 Å². The lowest BCUT2D eigenvalue weighted by Crippen LogP contribution is -2.12. The molecule has 1 heterocycles. The molecule has 0 radical (unpaired) electrons. The normalized spacial score (nSPS) is 10.8. The highest BCUT2D eigenvalue weighted by molar-refractivity contribution is 5.58. The van der Waals surface area contributed by atoms with Crippen LogP contribution in [-0.2, 0) is 6.54 Å². The zero-order chi connectivity index (χ0) is 13.0. The molecule has 0 bridgehead atoms. The van der Waals surface area contributed by atoms with Gasteiger partial charge in [-0.1, -0.05) is 19.1 Å². The Bertz CT molecular complexity index is 519. The lowest BCUT2D eigenvalue weighted by Gasteiger charge is -2.01. The molecule has 0 saturated heterocycles. The minimum atomic E-state index is -0.199. The van der Waals surface area contributed by atoms with Gasteiger partial charge in [0.1, 0.15) is 17.3 Å². The maximum Gasteiger partial charge on any atom is 0.134 e. The molecule has 1 aromatic heterocycles. The van der Waals surface area contributed by atoms with Crippen molar-refractivity contribution in [3.63, 3.8) is 0 Å². The number of hydrogen-bond donors (Lipinski definition) is 1. The number of hydrogen-bond acceptors (Lipinski definition) is 2. The van der Waals surface area contributed by atoms with Crippen molar-refractivity contribution < 1.29 is 8.81 Å². The largest absolute Gasteiger partial charge is 0.460 e. The van der Waals surface area contributed by atoms with Crippen molar-refractivity contribution in [2.45, 2.75) is 26.8 Å². The fraction of sp³-hybridized carbons (Fsp3) is 0.333. The highest BCUT2D eigenvalue weighted by Gasteiger charge is 2.06. The van der Waals surface area contributed by atoms with Gasteiger partial charge in [0.05, 0.1) is 6.54 Å². The number of rotatable bonds is 5. The second kappa shape index (κ2) is 5.83. The predicted molar refractivity (Wildman–Crippen MR) is 70.8 cm³/mol. The molecule has 0 spiro atoms. The molecule has 0 fully saturated rings. The third kappa shape index (κ3) is 2.99.